The van der Waals surface area contributed by atoms with E-state index in [0.29, 0.717) is 30.2 Å². The molecular formula is C21H27Cl2N3O6S. The Morgan fingerprint density at radius 2 is 1.79 bits per heavy atom. The van der Waals surface area contributed by atoms with E-state index in [1.54, 1.807) is 18.3 Å². The molecule has 12 heteroatoms. The van der Waals surface area contributed by atoms with Crippen molar-refractivity contribution in [1.29, 1.82) is 0 Å². The van der Waals surface area contributed by atoms with Gasteiger partial charge in [-0.1, -0.05) is 24.4 Å². The summed E-state index contributed by atoms with van der Waals surface area (Å²) >= 11 is 5.82. The van der Waals surface area contributed by atoms with E-state index in [2.05, 4.69) is 15.0 Å². The first kappa shape index (κ1) is 28.6. The molecule has 182 valence electrons. The third-order valence-electron chi connectivity index (χ3n) is 4.41. The number of nitrogens with one attached hydrogen (secondary N) is 2. The van der Waals surface area contributed by atoms with Crippen LogP contribution in [-0.4, -0.2) is 49.6 Å². The Bertz CT molecular complexity index is 975. The molecular weight excluding hydrogens is 493 g/mol. The predicted octanol–water partition coefficient (Wildman–Crippen LogP) is 3.03. The van der Waals surface area contributed by atoms with Crippen LogP contribution in [0.1, 0.15) is 32.1 Å². The molecule has 0 saturated heterocycles. The summed E-state index contributed by atoms with van der Waals surface area (Å²) in [5.41, 5.74) is 0. The molecule has 1 atom stereocenters. The minimum Gasteiger partial charge on any atom is -0.490 e. The van der Waals surface area contributed by atoms with E-state index in [0.717, 1.165) is 12.8 Å². The summed E-state index contributed by atoms with van der Waals surface area (Å²) in [6.07, 6.45) is 5.85. The molecule has 1 amide bonds. The van der Waals surface area contributed by atoms with E-state index in [-0.39, 0.29) is 30.3 Å². The molecule has 1 aromatic heterocycles. The summed E-state index contributed by atoms with van der Waals surface area (Å²) in [6.45, 7) is 0.0981. The molecule has 0 saturated carbocycles. The number of halogens is 2. The number of benzene rings is 1. The van der Waals surface area contributed by atoms with Crippen LogP contribution in [0.25, 0.3) is 0 Å². The fraction of sp³-hybridized carbons (Fsp3) is 0.381. The number of nitrogens with zero attached hydrogens (tertiary/aromatic N) is 1. The van der Waals surface area contributed by atoms with Crippen molar-refractivity contribution in [3.63, 3.8) is 0 Å². The average molecular weight is 520 g/mol. The smallest absolute Gasteiger partial charge is 0.303 e. The normalized spacial score (nSPS) is 11.8. The molecule has 0 aliphatic rings. The van der Waals surface area contributed by atoms with Gasteiger partial charge in [-0.3, -0.25) is 14.6 Å². The van der Waals surface area contributed by atoms with Crippen LogP contribution < -0.4 is 14.8 Å². The number of sulfonamides is 1. The SMILES string of the molecule is Cl.O=C(O)CCCCCCNC(=O)C(COc1cccnc1)NS(=O)(=O)c1ccc(Cl)cc1. The number of hydrogen-bond donors (Lipinski definition) is 3. The van der Waals surface area contributed by atoms with Crippen LogP contribution in [0.15, 0.2) is 53.7 Å². The van der Waals surface area contributed by atoms with Crippen LogP contribution in [0.5, 0.6) is 5.75 Å². The first-order valence-electron chi connectivity index (χ1n) is 10.1. The van der Waals surface area contributed by atoms with Crippen molar-refractivity contribution in [2.24, 2.45) is 0 Å². The van der Waals surface area contributed by atoms with Gasteiger partial charge >= 0.3 is 5.97 Å². The van der Waals surface area contributed by atoms with Gasteiger partial charge in [-0.2, -0.15) is 4.72 Å². The van der Waals surface area contributed by atoms with Gasteiger partial charge in [0, 0.05) is 24.2 Å². The van der Waals surface area contributed by atoms with Gasteiger partial charge in [0.2, 0.25) is 15.9 Å². The number of aliphatic carboxylic acids is 1. The summed E-state index contributed by atoms with van der Waals surface area (Å²) in [4.78, 5) is 27.1. The van der Waals surface area contributed by atoms with Crippen LogP contribution in [-0.2, 0) is 19.6 Å². The molecule has 1 heterocycles. The number of carbonyl (C=O) groups excluding carboxylic acids is 1. The minimum absolute atomic E-state index is 0. The van der Waals surface area contributed by atoms with E-state index in [1.807, 2.05) is 0 Å². The lowest BCUT2D eigenvalue weighted by molar-refractivity contribution is -0.137. The number of aromatic nitrogens is 1. The summed E-state index contributed by atoms with van der Waals surface area (Å²) in [6, 6.07) is 7.71. The second-order valence-electron chi connectivity index (χ2n) is 6.98. The average Bonchev–Trinajstić information content (AvgIpc) is 2.76. The number of carbonyl (C=O) groups is 2. The van der Waals surface area contributed by atoms with Crippen molar-refractivity contribution in [2.75, 3.05) is 13.2 Å². The Hall–Kier alpha value is -2.40. The zero-order valence-electron chi connectivity index (χ0n) is 17.8. The van der Waals surface area contributed by atoms with Gasteiger partial charge in [-0.25, -0.2) is 8.42 Å². The fourth-order valence-electron chi connectivity index (χ4n) is 2.73. The van der Waals surface area contributed by atoms with Crippen molar-refractivity contribution in [1.82, 2.24) is 15.0 Å². The quantitative estimate of drug-likeness (QED) is 0.326. The van der Waals surface area contributed by atoms with E-state index < -0.39 is 27.9 Å². The molecule has 0 fully saturated rings. The third-order valence-corrected chi connectivity index (χ3v) is 6.15. The van der Waals surface area contributed by atoms with Crippen LogP contribution in [0.3, 0.4) is 0 Å². The summed E-state index contributed by atoms with van der Waals surface area (Å²) in [5.74, 6) is -0.964. The minimum atomic E-state index is -4.00. The van der Waals surface area contributed by atoms with Crippen LogP contribution in [0.4, 0.5) is 0 Å². The first-order valence-corrected chi connectivity index (χ1v) is 11.9. The molecule has 0 spiro atoms. The number of hydrogen-bond acceptors (Lipinski definition) is 6. The van der Waals surface area contributed by atoms with Gasteiger partial charge in [0.15, 0.2) is 0 Å². The number of ether oxygens (including phenoxy) is 1. The highest BCUT2D eigenvalue weighted by molar-refractivity contribution is 7.89. The second kappa shape index (κ2) is 14.7. The number of carboxylic acids is 1. The topological polar surface area (TPSA) is 135 Å². The Morgan fingerprint density at radius 1 is 1.09 bits per heavy atom. The van der Waals surface area contributed by atoms with E-state index >= 15 is 0 Å². The largest absolute Gasteiger partial charge is 0.490 e. The number of amides is 1. The van der Waals surface area contributed by atoms with E-state index in [1.165, 1.54) is 30.5 Å². The van der Waals surface area contributed by atoms with E-state index in [9.17, 15) is 18.0 Å². The molecule has 1 unspecified atom stereocenters. The molecule has 1 aromatic carbocycles. The van der Waals surface area contributed by atoms with Gasteiger partial charge in [-0.15, -0.1) is 12.4 Å². The fourth-order valence-corrected chi connectivity index (χ4v) is 4.04. The lowest BCUT2D eigenvalue weighted by atomic mass is 10.1. The van der Waals surface area contributed by atoms with Crippen molar-refractivity contribution >= 4 is 45.9 Å². The molecule has 33 heavy (non-hydrogen) atoms. The highest BCUT2D eigenvalue weighted by Crippen LogP contribution is 2.15. The Morgan fingerprint density at radius 3 is 2.42 bits per heavy atom. The summed E-state index contributed by atoms with van der Waals surface area (Å²) in [7, 11) is -4.00. The molecule has 2 aromatic rings. The molecule has 0 aliphatic heterocycles. The van der Waals surface area contributed by atoms with Crippen molar-refractivity contribution in [3.05, 3.63) is 53.8 Å². The van der Waals surface area contributed by atoms with Crippen LogP contribution in [0, 0.1) is 0 Å². The molecule has 0 bridgehead atoms. The Kier molecular flexibility index (Phi) is 12.7. The number of unbranched alkanes of at least 4 members (excludes halogenated alkanes) is 3. The van der Waals surface area contributed by atoms with Crippen molar-refractivity contribution in [3.8, 4) is 5.75 Å². The van der Waals surface area contributed by atoms with Gasteiger partial charge < -0.3 is 15.2 Å². The monoisotopic (exact) mass is 519 g/mol. The lowest BCUT2D eigenvalue weighted by Gasteiger charge is -2.19. The molecule has 2 rings (SSSR count). The maximum absolute atomic E-state index is 12.7. The molecule has 0 radical (unpaired) electrons. The Balaban J connectivity index is 0.00000544. The van der Waals surface area contributed by atoms with Gasteiger partial charge in [0.05, 0.1) is 11.1 Å². The van der Waals surface area contributed by atoms with Crippen molar-refractivity contribution < 1.29 is 27.9 Å². The highest BCUT2D eigenvalue weighted by atomic mass is 35.5. The van der Waals surface area contributed by atoms with Crippen molar-refractivity contribution in [2.45, 2.75) is 43.0 Å². The number of rotatable bonds is 14. The van der Waals surface area contributed by atoms with Crippen LogP contribution in [0.2, 0.25) is 5.02 Å². The summed E-state index contributed by atoms with van der Waals surface area (Å²) < 4.78 is 33.4. The Labute approximate surface area is 204 Å². The van der Waals surface area contributed by atoms with Gasteiger partial charge in [0.1, 0.15) is 18.4 Å². The zero-order valence-corrected chi connectivity index (χ0v) is 20.2. The molecule has 0 aliphatic carbocycles. The first-order chi connectivity index (χ1) is 15.3. The maximum atomic E-state index is 12.7. The van der Waals surface area contributed by atoms with Crippen LogP contribution >= 0.6 is 24.0 Å². The second-order valence-corrected chi connectivity index (χ2v) is 9.13. The summed E-state index contributed by atoms with van der Waals surface area (Å²) in [5, 5.41) is 11.7. The highest BCUT2D eigenvalue weighted by Gasteiger charge is 2.26. The maximum Gasteiger partial charge on any atom is 0.303 e. The number of pyridine rings is 1. The zero-order chi connectivity index (χ0) is 23.4. The third kappa shape index (κ3) is 10.8. The van der Waals surface area contributed by atoms with E-state index in [4.69, 9.17) is 21.4 Å². The van der Waals surface area contributed by atoms with Gasteiger partial charge in [-0.05, 0) is 49.2 Å². The molecule has 9 nitrogen and oxygen atoms in total. The predicted molar refractivity (Wildman–Crippen MR) is 126 cm³/mol. The van der Waals surface area contributed by atoms with Gasteiger partial charge in [0.25, 0.3) is 0 Å². The lowest BCUT2D eigenvalue weighted by Crippen LogP contribution is -2.50. The standard InChI is InChI=1S/C21H26ClN3O6S.ClH/c22-16-8-10-18(11-9-16)32(29,30)25-19(15-31-17-6-5-12-23-14-17)21(28)24-13-4-2-1-3-7-20(26)27;/h5-6,8-12,14,19,25H,1-4,7,13,15H2,(H,24,28)(H,26,27);1H. The number of carboxylic acid groups (broad SMARTS) is 1. The molecule has 3 N–H and O–H groups in total.